The second-order valence-electron chi connectivity index (χ2n) is 8.34. The molecule has 0 amide bonds. The maximum atomic E-state index is 12.7. The quantitative estimate of drug-likeness (QED) is 0.612. The maximum absolute atomic E-state index is 12.7. The molecule has 8 nitrogen and oxygen atoms in total. The SMILES string of the molecule is CCC(C)(C)OC(=O)C1CC(OC(=O)CN2CCSCC2)C2CC1S(=O)(=O)N2. The van der Waals surface area contributed by atoms with Crippen LogP contribution in [-0.2, 0) is 29.1 Å². The van der Waals surface area contributed by atoms with E-state index in [-0.39, 0.29) is 25.4 Å². The van der Waals surface area contributed by atoms with Gasteiger partial charge in [-0.2, -0.15) is 11.8 Å². The number of thioether (sulfide) groups is 1. The Morgan fingerprint density at radius 2 is 1.89 bits per heavy atom. The normalized spacial score (nSPS) is 32.7. The monoisotopic (exact) mass is 434 g/mol. The largest absolute Gasteiger partial charge is 0.460 e. The van der Waals surface area contributed by atoms with Crippen LogP contribution < -0.4 is 4.72 Å². The second kappa shape index (κ2) is 8.49. The zero-order chi connectivity index (χ0) is 20.5. The number of esters is 2. The summed E-state index contributed by atoms with van der Waals surface area (Å²) in [6.07, 6.45) is 0.396. The van der Waals surface area contributed by atoms with E-state index in [1.165, 1.54) is 0 Å². The van der Waals surface area contributed by atoms with E-state index in [0.29, 0.717) is 6.42 Å². The Kier molecular flexibility index (Phi) is 6.63. The summed E-state index contributed by atoms with van der Waals surface area (Å²) in [6, 6.07) is -0.473. The van der Waals surface area contributed by atoms with Gasteiger partial charge in [-0.3, -0.25) is 14.5 Å². The van der Waals surface area contributed by atoms with Crippen LogP contribution in [0.1, 0.15) is 40.0 Å². The Labute approximate surface area is 171 Å². The molecule has 4 atom stereocenters. The van der Waals surface area contributed by atoms with Gasteiger partial charge in [0.2, 0.25) is 10.0 Å². The molecular weight excluding hydrogens is 404 g/mol. The van der Waals surface area contributed by atoms with Gasteiger partial charge in [0, 0.05) is 31.0 Å². The average molecular weight is 435 g/mol. The summed E-state index contributed by atoms with van der Waals surface area (Å²) in [7, 11) is -3.63. The maximum Gasteiger partial charge on any atom is 0.320 e. The standard InChI is InChI=1S/C18H30N2O6S2/c1-4-18(2,3)26-17(22)12-9-14(13-10-15(12)28(23,24)19-13)25-16(21)11-20-5-7-27-8-6-20/h12-15,19H,4-11H2,1-3H3. The van der Waals surface area contributed by atoms with Crippen molar-refractivity contribution in [2.45, 2.75) is 63.0 Å². The van der Waals surface area contributed by atoms with Crippen molar-refractivity contribution < 1.29 is 27.5 Å². The van der Waals surface area contributed by atoms with Crippen molar-refractivity contribution in [1.29, 1.82) is 0 Å². The molecule has 2 saturated heterocycles. The number of nitrogens with zero attached hydrogens (tertiary/aromatic N) is 1. The van der Waals surface area contributed by atoms with Crippen LogP contribution in [0.2, 0.25) is 0 Å². The van der Waals surface area contributed by atoms with E-state index in [1.807, 2.05) is 23.6 Å². The van der Waals surface area contributed by atoms with Gasteiger partial charge in [0.1, 0.15) is 11.7 Å². The summed E-state index contributed by atoms with van der Waals surface area (Å²) in [5.41, 5.74) is -0.665. The van der Waals surface area contributed by atoms with Crippen molar-refractivity contribution in [2.75, 3.05) is 31.1 Å². The van der Waals surface area contributed by atoms with Crippen LogP contribution in [0.15, 0.2) is 0 Å². The minimum Gasteiger partial charge on any atom is -0.460 e. The number of rotatable bonds is 6. The lowest BCUT2D eigenvalue weighted by Crippen LogP contribution is -2.47. The van der Waals surface area contributed by atoms with Crippen LogP contribution >= 0.6 is 11.8 Å². The molecule has 10 heteroatoms. The number of carbonyl (C=O) groups excluding carboxylic acids is 2. The fourth-order valence-corrected chi connectivity index (χ4v) is 6.78. The van der Waals surface area contributed by atoms with Crippen molar-refractivity contribution in [3.8, 4) is 0 Å². The zero-order valence-electron chi connectivity index (χ0n) is 16.7. The van der Waals surface area contributed by atoms with Gasteiger partial charge in [-0.05, 0) is 26.7 Å². The van der Waals surface area contributed by atoms with Gasteiger partial charge >= 0.3 is 11.9 Å². The highest BCUT2D eigenvalue weighted by Gasteiger charge is 2.55. The topological polar surface area (TPSA) is 102 Å². The smallest absolute Gasteiger partial charge is 0.320 e. The Bertz CT molecular complexity index is 705. The highest BCUT2D eigenvalue weighted by molar-refractivity contribution is 7.99. The Hall–Kier alpha value is -0.840. The minimum atomic E-state index is -3.63. The first-order valence-corrected chi connectivity index (χ1v) is 12.5. The number of sulfonamides is 1. The van der Waals surface area contributed by atoms with E-state index in [4.69, 9.17) is 9.47 Å². The fourth-order valence-electron chi connectivity index (χ4n) is 3.84. The number of hydrogen-bond donors (Lipinski definition) is 1. The number of ether oxygens (including phenoxy) is 2. The molecule has 1 aliphatic carbocycles. The third-order valence-electron chi connectivity index (χ3n) is 5.85. The van der Waals surface area contributed by atoms with Gasteiger partial charge in [-0.25, -0.2) is 13.1 Å². The summed E-state index contributed by atoms with van der Waals surface area (Å²) in [5.74, 6) is 0.245. The third kappa shape index (κ3) is 5.01. The van der Waals surface area contributed by atoms with Crippen molar-refractivity contribution in [3.05, 3.63) is 0 Å². The van der Waals surface area contributed by atoms with E-state index in [0.717, 1.165) is 24.6 Å². The van der Waals surface area contributed by atoms with E-state index in [9.17, 15) is 18.0 Å². The molecule has 2 bridgehead atoms. The molecule has 0 spiro atoms. The van der Waals surface area contributed by atoms with Crippen molar-refractivity contribution in [2.24, 2.45) is 5.92 Å². The fraction of sp³-hybridized carbons (Fsp3) is 0.889. The van der Waals surface area contributed by atoms with Gasteiger partial charge < -0.3 is 9.47 Å². The number of hydrogen-bond acceptors (Lipinski definition) is 8. The molecular formula is C18H30N2O6S2. The van der Waals surface area contributed by atoms with Gasteiger partial charge in [0.05, 0.1) is 23.8 Å². The molecule has 28 heavy (non-hydrogen) atoms. The molecule has 0 radical (unpaired) electrons. The molecule has 2 aliphatic heterocycles. The lowest BCUT2D eigenvalue weighted by molar-refractivity contribution is -0.168. The first-order chi connectivity index (χ1) is 13.1. The predicted molar refractivity (Wildman–Crippen MR) is 106 cm³/mol. The molecule has 0 aromatic carbocycles. The summed E-state index contributed by atoms with van der Waals surface area (Å²) < 4.78 is 38.7. The molecule has 3 rings (SSSR count). The van der Waals surface area contributed by atoms with Crippen molar-refractivity contribution in [3.63, 3.8) is 0 Å². The summed E-state index contributed by atoms with van der Waals surface area (Å²) in [5, 5.41) is -0.827. The number of carbonyl (C=O) groups is 2. The van der Waals surface area contributed by atoms with E-state index >= 15 is 0 Å². The van der Waals surface area contributed by atoms with Gasteiger partial charge in [-0.1, -0.05) is 6.92 Å². The predicted octanol–water partition coefficient (Wildman–Crippen LogP) is 0.759. The highest BCUT2D eigenvalue weighted by atomic mass is 32.2. The second-order valence-corrected chi connectivity index (χ2v) is 11.5. The molecule has 2 heterocycles. The molecule has 3 aliphatic rings. The summed E-state index contributed by atoms with van der Waals surface area (Å²) in [6.45, 7) is 7.37. The zero-order valence-corrected chi connectivity index (χ0v) is 18.3. The van der Waals surface area contributed by atoms with Crippen LogP contribution in [0.3, 0.4) is 0 Å². The first-order valence-electron chi connectivity index (χ1n) is 9.85. The lowest BCUT2D eigenvalue weighted by Gasteiger charge is -2.34. The summed E-state index contributed by atoms with van der Waals surface area (Å²) in [4.78, 5) is 27.2. The Morgan fingerprint density at radius 1 is 1.21 bits per heavy atom. The van der Waals surface area contributed by atoms with Gasteiger partial charge in [0.25, 0.3) is 0 Å². The van der Waals surface area contributed by atoms with Crippen LogP contribution in [0.25, 0.3) is 0 Å². The molecule has 0 aromatic heterocycles. The third-order valence-corrected chi connectivity index (χ3v) is 8.75. The van der Waals surface area contributed by atoms with Crippen molar-refractivity contribution in [1.82, 2.24) is 9.62 Å². The van der Waals surface area contributed by atoms with E-state index < -0.39 is 44.9 Å². The molecule has 1 N–H and O–H groups in total. The molecule has 3 fully saturated rings. The molecule has 0 aromatic rings. The van der Waals surface area contributed by atoms with Crippen molar-refractivity contribution >= 4 is 33.7 Å². The van der Waals surface area contributed by atoms with Gasteiger partial charge in [-0.15, -0.1) is 0 Å². The van der Waals surface area contributed by atoms with Crippen LogP contribution in [-0.4, -0.2) is 79.4 Å². The molecule has 4 unspecified atom stereocenters. The van der Waals surface area contributed by atoms with E-state index in [2.05, 4.69) is 4.72 Å². The average Bonchev–Trinajstić information content (AvgIpc) is 2.89. The van der Waals surface area contributed by atoms with Gasteiger partial charge in [0.15, 0.2) is 0 Å². The van der Waals surface area contributed by atoms with Crippen LogP contribution in [0.4, 0.5) is 0 Å². The number of nitrogens with one attached hydrogen (secondary N) is 1. The number of fused-ring (bicyclic) bond motifs is 2. The van der Waals surface area contributed by atoms with Crippen LogP contribution in [0.5, 0.6) is 0 Å². The molecule has 1 saturated carbocycles. The van der Waals surface area contributed by atoms with E-state index in [1.54, 1.807) is 13.8 Å². The summed E-state index contributed by atoms with van der Waals surface area (Å²) >= 11 is 1.86. The lowest BCUT2D eigenvalue weighted by atomic mass is 9.83. The van der Waals surface area contributed by atoms with Crippen LogP contribution in [0, 0.1) is 5.92 Å². The Morgan fingerprint density at radius 3 is 2.54 bits per heavy atom. The molecule has 160 valence electrons. The Balaban J connectivity index is 1.67. The first kappa shape index (κ1) is 21.9. The minimum absolute atomic E-state index is 0.168. The highest BCUT2D eigenvalue weighted by Crippen LogP contribution is 2.38.